The Kier molecular flexibility index (Phi) is 3.83. The highest BCUT2D eigenvalue weighted by molar-refractivity contribution is 5.88. The number of carbonyl (C=O) groups excluding carboxylic acids is 2. The molecule has 1 N–H and O–H groups in total. The molecule has 3 aliphatic heterocycles. The quantitative estimate of drug-likeness (QED) is 0.872. The number of hydrogen-bond donors (Lipinski definition) is 1. The van der Waals surface area contributed by atoms with Gasteiger partial charge in [0.15, 0.2) is 5.82 Å². The third-order valence-electron chi connectivity index (χ3n) is 6.32. The van der Waals surface area contributed by atoms with Crippen LogP contribution in [0, 0.1) is 11.8 Å². The van der Waals surface area contributed by atoms with Gasteiger partial charge in [-0.2, -0.15) is 5.10 Å². The molecular weight excluding hydrogens is 330 g/mol. The summed E-state index contributed by atoms with van der Waals surface area (Å²) in [5.41, 5.74) is 1.12. The van der Waals surface area contributed by atoms with Crippen LogP contribution < -0.4 is 10.2 Å². The highest BCUT2D eigenvalue weighted by Crippen LogP contribution is 2.39. The predicted molar refractivity (Wildman–Crippen MR) is 95.6 cm³/mol. The summed E-state index contributed by atoms with van der Waals surface area (Å²) >= 11 is 0. The lowest BCUT2D eigenvalue weighted by atomic mass is 10.0. The van der Waals surface area contributed by atoms with Gasteiger partial charge >= 0.3 is 0 Å². The molecule has 5 rings (SSSR count). The van der Waals surface area contributed by atoms with Crippen molar-refractivity contribution in [1.82, 2.24) is 20.4 Å². The van der Waals surface area contributed by atoms with Crippen LogP contribution in [0.5, 0.6) is 0 Å². The Balaban J connectivity index is 1.19. The van der Waals surface area contributed by atoms with Crippen molar-refractivity contribution in [2.45, 2.75) is 44.1 Å². The zero-order chi connectivity index (χ0) is 17.7. The van der Waals surface area contributed by atoms with Crippen molar-refractivity contribution in [3.05, 3.63) is 17.8 Å². The van der Waals surface area contributed by atoms with E-state index in [4.69, 9.17) is 0 Å². The van der Waals surface area contributed by atoms with Gasteiger partial charge in [0.05, 0.1) is 5.69 Å². The van der Waals surface area contributed by atoms with E-state index in [2.05, 4.69) is 32.5 Å². The number of fused-ring (bicyclic) bond motifs is 1. The van der Waals surface area contributed by atoms with Gasteiger partial charge in [-0.15, -0.1) is 5.10 Å². The number of nitrogens with one attached hydrogen (secondary N) is 1. The van der Waals surface area contributed by atoms with Crippen molar-refractivity contribution in [2.75, 3.05) is 31.1 Å². The minimum Gasteiger partial charge on any atom is -0.354 e. The lowest BCUT2D eigenvalue weighted by Gasteiger charge is -2.28. The zero-order valence-electron chi connectivity index (χ0n) is 14.9. The molecule has 3 unspecified atom stereocenters. The van der Waals surface area contributed by atoms with Gasteiger partial charge in [0.1, 0.15) is 6.04 Å². The molecule has 4 fully saturated rings. The van der Waals surface area contributed by atoms with Gasteiger partial charge in [0, 0.05) is 50.4 Å². The first kappa shape index (κ1) is 16.0. The first-order valence-electron chi connectivity index (χ1n) is 9.84. The molecule has 0 spiro atoms. The van der Waals surface area contributed by atoms with E-state index in [1.54, 1.807) is 0 Å². The van der Waals surface area contributed by atoms with Gasteiger partial charge in [-0.3, -0.25) is 9.59 Å². The van der Waals surface area contributed by atoms with Crippen LogP contribution in [-0.2, 0) is 9.59 Å². The third-order valence-corrected chi connectivity index (χ3v) is 6.32. The normalized spacial score (nSPS) is 31.1. The second kappa shape index (κ2) is 6.21. The van der Waals surface area contributed by atoms with Gasteiger partial charge in [-0.05, 0) is 37.8 Å². The molecule has 7 nitrogen and oxygen atoms in total. The molecule has 138 valence electrons. The summed E-state index contributed by atoms with van der Waals surface area (Å²) in [7, 11) is 0. The van der Waals surface area contributed by atoms with Crippen molar-refractivity contribution in [2.24, 2.45) is 11.8 Å². The molecule has 4 aliphatic rings. The standard InChI is InChI=1S/C19H25N5O2/c25-18-3-1-2-16(20-18)19(26)24-10-13-8-23(9-14(13)11-24)17-7-6-15(21-22-17)12-4-5-12/h6-7,12-14,16H,1-5,8-11H2,(H,20,25). The van der Waals surface area contributed by atoms with E-state index < -0.39 is 0 Å². The highest BCUT2D eigenvalue weighted by atomic mass is 16.2. The van der Waals surface area contributed by atoms with Crippen LogP contribution in [0.1, 0.15) is 43.7 Å². The van der Waals surface area contributed by atoms with E-state index in [1.807, 2.05) is 4.90 Å². The van der Waals surface area contributed by atoms with Crippen LogP contribution in [0.15, 0.2) is 12.1 Å². The predicted octanol–water partition coefficient (Wildman–Crippen LogP) is 0.917. The average molecular weight is 355 g/mol. The number of amides is 2. The summed E-state index contributed by atoms with van der Waals surface area (Å²) in [5.74, 6) is 2.68. The summed E-state index contributed by atoms with van der Waals surface area (Å²) in [6.45, 7) is 3.45. The van der Waals surface area contributed by atoms with Crippen molar-refractivity contribution < 1.29 is 9.59 Å². The molecule has 1 aliphatic carbocycles. The van der Waals surface area contributed by atoms with Crippen molar-refractivity contribution in [1.29, 1.82) is 0 Å². The van der Waals surface area contributed by atoms with Crippen molar-refractivity contribution in [3.8, 4) is 0 Å². The molecule has 1 aromatic rings. The Bertz CT molecular complexity index is 703. The number of likely N-dealkylation sites (tertiary alicyclic amines) is 1. The van der Waals surface area contributed by atoms with E-state index in [9.17, 15) is 9.59 Å². The molecule has 3 atom stereocenters. The molecule has 7 heteroatoms. The number of piperidine rings is 1. The summed E-state index contributed by atoms with van der Waals surface area (Å²) in [6, 6.07) is 3.91. The smallest absolute Gasteiger partial charge is 0.245 e. The summed E-state index contributed by atoms with van der Waals surface area (Å²) in [6.07, 6.45) is 4.61. The molecule has 1 saturated carbocycles. The fraction of sp³-hybridized carbons (Fsp3) is 0.684. The van der Waals surface area contributed by atoms with Gasteiger partial charge in [-0.25, -0.2) is 0 Å². The van der Waals surface area contributed by atoms with Crippen LogP contribution in [0.25, 0.3) is 0 Å². The molecular formula is C19H25N5O2. The molecule has 4 heterocycles. The van der Waals surface area contributed by atoms with E-state index in [1.165, 1.54) is 12.8 Å². The van der Waals surface area contributed by atoms with Gasteiger partial charge in [0.2, 0.25) is 11.8 Å². The SMILES string of the molecule is O=C1CCCC(C(=O)N2CC3CN(c4ccc(C5CC5)nn4)CC3C2)N1. The van der Waals surface area contributed by atoms with Crippen LogP contribution in [0.4, 0.5) is 5.82 Å². The third kappa shape index (κ3) is 2.93. The Labute approximate surface area is 153 Å². The second-order valence-electron chi connectivity index (χ2n) is 8.27. The maximum absolute atomic E-state index is 12.7. The monoisotopic (exact) mass is 355 g/mol. The van der Waals surface area contributed by atoms with Crippen LogP contribution in [0.3, 0.4) is 0 Å². The first-order chi connectivity index (χ1) is 12.7. The maximum Gasteiger partial charge on any atom is 0.245 e. The van der Waals surface area contributed by atoms with Gasteiger partial charge in [-0.1, -0.05) is 0 Å². The number of anilines is 1. The molecule has 0 radical (unpaired) electrons. The van der Waals surface area contributed by atoms with Crippen LogP contribution in [-0.4, -0.2) is 59.1 Å². The summed E-state index contributed by atoms with van der Waals surface area (Å²) in [5, 5.41) is 11.7. The molecule has 3 saturated heterocycles. The number of aromatic nitrogens is 2. The minimum absolute atomic E-state index is 0.00776. The lowest BCUT2D eigenvalue weighted by molar-refractivity contribution is -0.137. The second-order valence-corrected chi connectivity index (χ2v) is 8.27. The Morgan fingerprint density at radius 1 is 1.04 bits per heavy atom. The summed E-state index contributed by atoms with van der Waals surface area (Å²) < 4.78 is 0. The van der Waals surface area contributed by atoms with Crippen LogP contribution >= 0.6 is 0 Å². The number of nitrogens with zero attached hydrogens (tertiary/aromatic N) is 4. The zero-order valence-corrected chi connectivity index (χ0v) is 14.9. The van der Waals surface area contributed by atoms with E-state index in [0.29, 0.717) is 24.2 Å². The van der Waals surface area contributed by atoms with Crippen molar-refractivity contribution in [3.63, 3.8) is 0 Å². The fourth-order valence-corrected chi connectivity index (χ4v) is 4.67. The van der Waals surface area contributed by atoms with Gasteiger partial charge in [0.25, 0.3) is 0 Å². The largest absolute Gasteiger partial charge is 0.354 e. The molecule has 2 amide bonds. The van der Waals surface area contributed by atoms with E-state index in [0.717, 1.165) is 50.5 Å². The summed E-state index contributed by atoms with van der Waals surface area (Å²) in [4.78, 5) is 28.5. The lowest BCUT2D eigenvalue weighted by Crippen LogP contribution is -2.50. The maximum atomic E-state index is 12.7. The first-order valence-corrected chi connectivity index (χ1v) is 9.84. The van der Waals surface area contributed by atoms with Crippen molar-refractivity contribution >= 4 is 17.6 Å². The fourth-order valence-electron chi connectivity index (χ4n) is 4.67. The molecule has 1 aromatic heterocycles. The molecule has 0 bridgehead atoms. The van der Waals surface area contributed by atoms with E-state index in [-0.39, 0.29) is 17.9 Å². The average Bonchev–Trinajstić information content (AvgIpc) is 3.31. The number of rotatable bonds is 3. The molecule has 26 heavy (non-hydrogen) atoms. The molecule has 0 aromatic carbocycles. The number of carbonyl (C=O) groups is 2. The highest BCUT2D eigenvalue weighted by Gasteiger charge is 2.43. The van der Waals surface area contributed by atoms with E-state index >= 15 is 0 Å². The van der Waals surface area contributed by atoms with Gasteiger partial charge < -0.3 is 15.1 Å². The minimum atomic E-state index is -0.313. The Morgan fingerprint density at radius 3 is 2.42 bits per heavy atom. The van der Waals surface area contributed by atoms with Crippen LogP contribution in [0.2, 0.25) is 0 Å². The number of hydrogen-bond acceptors (Lipinski definition) is 5. The topological polar surface area (TPSA) is 78.4 Å². The Hall–Kier alpha value is -2.18. The Morgan fingerprint density at radius 2 is 1.81 bits per heavy atom.